The Morgan fingerprint density at radius 3 is 2.43 bits per heavy atom. The molecule has 1 atom stereocenters. The van der Waals surface area contributed by atoms with Crippen LogP contribution < -0.4 is 20.2 Å². The van der Waals surface area contributed by atoms with Gasteiger partial charge >= 0.3 is 12.1 Å². The molecule has 5 aromatic rings. The lowest BCUT2D eigenvalue weighted by Gasteiger charge is -2.26. The number of thiazole rings is 1. The van der Waals surface area contributed by atoms with E-state index < -0.39 is 35.0 Å². The summed E-state index contributed by atoms with van der Waals surface area (Å²) in [7, 11) is 0. The average molecular weight is 665 g/mol. The maximum atomic E-state index is 14.4. The van der Waals surface area contributed by atoms with Crippen LogP contribution in [0.1, 0.15) is 24.1 Å². The Kier molecular flexibility index (Phi) is 8.41. The highest BCUT2D eigenvalue weighted by Gasteiger charge is 2.45. The zero-order valence-corrected chi connectivity index (χ0v) is 25.6. The predicted molar refractivity (Wildman–Crippen MR) is 169 cm³/mol. The van der Waals surface area contributed by atoms with Crippen molar-refractivity contribution in [1.82, 2.24) is 9.13 Å². The molecule has 6 rings (SSSR count). The van der Waals surface area contributed by atoms with Gasteiger partial charge in [0.05, 0.1) is 22.8 Å². The monoisotopic (exact) mass is 664 g/mol. The number of benzene rings is 3. The Balaban J connectivity index is 1.50. The fraction of sp³-hybridized carbons (Fsp3) is 0.152. The highest BCUT2D eigenvalue weighted by atomic mass is 35.5. The number of carbonyl (C=O) groups is 2. The minimum Gasteiger partial charge on any atom is -0.463 e. The molecule has 0 bridgehead atoms. The number of carbonyl (C=O) groups excluding carboxylic acids is 2. The Morgan fingerprint density at radius 2 is 1.74 bits per heavy atom. The predicted octanol–water partition coefficient (Wildman–Crippen LogP) is 5.59. The number of hydrogen-bond acceptors (Lipinski definition) is 6. The van der Waals surface area contributed by atoms with Crippen LogP contribution in [0, 0.1) is 0 Å². The first-order chi connectivity index (χ1) is 22.0. The molecule has 2 aromatic heterocycles. The first kappa shape index (κ1) is 31.1. The van der Waals surface area contributed by atoms with E-state index in [1.807, 2.05) is 24.3 Å². The number of alkyl halides is 3. The molecule has 3 heterocycles. The summed E-state index contributed by atoms with van der Waals surface area (Å²) in [6.45, 7) is 1.26. The summed E-state index contributed by atoms with van der Waals surface area (Å²) in [5, 5.41) is 3.88. The van der Waals surface area contributed by atoms with Gasteiger partial charge in [-0.2, -0.15) is 13.2 Å². The fourth-order valence-corrected chi connectivity index (χ4v) is 6.46. The number of para-hydroxylation sites is 2. The van der Waals surface area contributed by atoms with Gasteiger partial charge in [-0.05, 0) is 48.9 Å². The van der Waals surface area contributed by atoms with E-state index >= 15 is 0 Å². The molecule has 1 aliphatic rings. The van der Waals surface area contributed by atoms with Gasteiger partial charge < -0.3 is 14.6 Å². The van der Waals surface area contributed by atoms with Crippen LogP contribution in [0.15, 0.2) is 106 Å². The molecule has 0 aliphatic carbocycles. The van der Waals surface area contributed by atoms with Crippen LogP contribution in [0.5, 0.6) is 0 Å². The third-order valence-corrected chi connectivity index (χ3v) is 8.49. The number of amides is 1. The van der Waals surface area contributed by atoms with Gasteiger partial charge in [-0.1, -0.05) is 71.5 Å². The van der Waals surface area contributed by atoms with E-state index in [1.165, 1.54) is 31.2 Å². The number of rotatable bonds is 7. The first-order valence-corrected chi connectivity index (χ1v) is 15.2. The maximum Gasteiger partial charge on any atom is 0.434 e. The molecule has 0 fully saturated rings. The third kappa shape index (κ3) is 6.01. The molecule has 46 heavy (non-hydrogen) atoms. The molecule has 1 amide bonds. The zero-order valence-electron chi connectivity index (χ0n) is 24.0. The molecular formula is C33H24ClF3N4O4S. The molecule has 0 radical (unpaired) electrons. The molecule has 0 spiro atoms. The molecular weight excluding hydrogens is 641 g/mol. The minimum absolute atomic E-state index is 0.0289. The number of esters is 1. The van der Waals surface area contributed by atoms with Crippen LogP contribution in [0.4, 0.5) is 18.9 Å². The molecule has 0 unspecified atom stereocenters. The van der Waals surface area contributed by atoms with Crippen molar-refractivity contribution in [2.75, 3.05) is 11.9 Å². The number of ether oxygens (including phenoxy) is 1. The third-order valence-electron chi connectivity index (χ3n) is 7.26. The first-order valence-electron chi connectivity index (χ1n) is 14.0. The van der Waals surface area contributed by atoms with E-state index in [0.29, 0.717) is 21.8 Å². The number of nitrogens with one attached hydrogen (secondary N) is 1. The number of fused-ring (bicyclic) bond motifs is 2. The quantitative estimate of drug-likeness (QED) is 0.230. The van der Waals surface area contributed by atoms with Crippen molar-refractivity contribution in [2.24, 2.45) is 4.99 Å². The molecule has 0 saturated carbocycles. The van der Waals surface area contributed by atoms with E-state index in [9.17, 15) is 27.6 Å². The van der Waals surface area contributed by atoms with Crippen molar-refractivity contribution in [3.8, 4) is 0 Å². The highest BCUT2D eigenvalue weighted by molar-refractivity contribution is 7.07. The van der Waals surface area contributed by atoms with Gasteiger partial charge in [-0.3, -0.25) is 14.2 Å². The van der Waals surface area contributed by atoms with Crippen molar-refractivity contribution in [1.29, 1.82) is 0 Å². The number of nitrogens with zero attached hydrogens (tertiary/aromatic N) is 3. The molecule has 234 valence electrons. The van der Waals surface area contributed by atoms with E-state index in [2.05, 4.69) is 10.3 Å². The summed E-state index contributed by atoms with van der Waals surface area (Å²) in [6.07, 6.45) is -1.76. The number of halogens is 4. The Bertz CT molecular complexity index is 2190. The Hall–Kier alpha value is -4.94. The van der Waals surface area contributed by atoms with Crippen LogP contribution >= 0.6 is 22.9 Å². The highest BCUT2D eigenvalue weighted by Crippen LogP contribution is 2.38. The van der Waals surface area contributed by atoms with E-state index in [1.54, 1.807) is 47.2 Å². The molecule has 13 heteroatoms. The van der Waals surface area contributed by atoms with Crippen molar-refractivity contribution in [2.45, 2.75) is 25.7 Å². The summed E-state index contributed by atoms with van der Waals surface area (Å²) in [5.74, 6) is -1.50. The molecule has 8 nitrogen and oxygen atoms in total. The lowest BCUT2D eigenvalue weighted by molar-refractivity contribution is -0.140. The summed E-state index contributed by atoms with van der Waals surface area (Å²) in [4.78, 5) is 43.5. The molecule has 1 N–H and O–H groups in total. The number of aromatic nitrogens is 2. The van der Waals surface area contributed by atoms with Crippen molar-refractivity contribution >= 4 is 57.5 Å². The van der Waals surface area contributed by atoms with Gasteiger partial charge in [0, 0.05) is 33.4 Å². The maximum absolute atomic E-state index is 14.4. The second-order valence-corrected chi connectivity index (χ2v) is 11.7. The standard InChI is InChI=1S/C33H24ClF3N4O4S/c1-2-45-31(44)27-28(19-12-14-21(34)15-13-19)41-30(43)25(46-32(41)39-29(27)33(35,36)37)16-20-17-40(24-11-7-6-10-23(20)24)18-26(42)38-22-8-4-3-5-9-22/h3-17,28H,2,18H2,1H3,(H,38,42)/b25-16-/t28-/m1/s1. The molecule has 1 aliphatic heterocycles. The minimum atomic E-state index is -5.02. The molecule has 0 saturated heterocycles. The summed E-state index contributed by atoms with van der Waals surface area (Å²) in [5.41, 5.74) is -0.731. The van der Waals surface area contributed by atoms with E-state index in [-0.39, 0.29) is 34.0 Å². The van der Waals surface area contributed by atoms with Gasteiger partial charge in [0.2, 0.25) is 5.91 Å². The number of anilines is 1. The van der Waals surface area contributed by atoms with Crippen molar-refractivity contribution < 1.29 is 27.5 Å². The zero-order chi connectivity index (χ0) is 32.6. The largest absolute Gasteiger partial charge is 0.463 e. The number of allylic oxidation sites excluding steroid dienone is 1. The molecule has 3 aromatic carbocycles. The second kappa shape index (κ2) is 12.5. The fourth-order valence-electron chi connectivity index (χ4n) is 5.34. The van der Waals surface area contributed by atoms with Gasteiger partial charge in [-0.25, -0.2) is 9.79 Å². The van der Waals surface area contributed by atoms with Gasteiger partial charge in [0.25, 0.3) is 5.56 Å². The van der Waals surface area contributed by atoms with Crippen LogP contribution in [-0.2, 0) is 20.9 Å². The van der Waals surface area contributed by atoms with E-state index in [4.69, 9.17) is 16.3 Å². The lowest BCUT2D eigenvalue weighted by Crippen LogP contribution is -2.41. The normalized spacial score (nSPS) is 15.1. The van der Waals surface area contributed by atoms with Crippen LogP contribution in [0.25, 0.3) is 17.0 Å². The average Bonchev–Trinajstić information content (AvgIpc) is 3.53. The van der Waals surface area contributed by atoms with E-state index in [0.717, 1.165) is 21.3 Å². The Morgan fingerprint density at radius 1 is 1.04 bits per heavy atom. The van der Waals surface area contributed by atoms with Gasteiger partial charge in [0.15, 0.2) is 10.5 Å². The number of hydrogen-bond donors (Lipinski definition) is 1. The van der Waals surface area contributed by atoms with Gasteiger partial charge in [0.1, 0.15) is 6.54 Å². The van der Waals surface area contributed by atoms with Crippen LogP contribution in [-0.4, -0.2) is 33.8 Å². The topological polar surface area (TPSA) is 94.7 Å². The lowest BCUT2D eigenvalue weighted by atomic mass is 9.95. The summed E-state index contributed by atoms with van der Waals surface area (Å²) < 4.78 is 51.1. The van der Waals surface area contributed by atoms with Crippen molar-refractivity contribution in [3.05, 3.63) is 132 Å². The van der Waals surface area contributed by atoms with Crippen LogP contribution in [0.2, 0.25) is 5.02 Å². The smallest absolute Gasteiger partial charge is 0.434 e. The second-order valence-electron chi connectivity index (χ2n) is 10.3. The summed E-state index contributed by atoms with van der Waals surface area (Å²) >= 11 is 6.81. The van der Waals surface area contributed by atoms with Gasteiger partial charge in [-0.15, -0.1) is 0 Å². The summed E-state index contributed by atoms with van der Waals surface area (Å²) in [6, 6.07) is 20.6. The van der Waals surface area contributed by atoms with Crippen molar-refractivity contribution in [3.63, 3.8) is 0 Å². The SMILES string of the molecule is CCOC(=O)C1=C(C(F)(F)F)N=c2s/c(=C\c3cn(CC(=O)Nc4ccccc4)c4ccccc34)c(=O)n2[C@@H]1c1ccc(Cl)cc1. The van der Waals surface area contributed by atoms with Crippen LogP contribution in [0.3, 0.4) is 0 Å². The Labute approximate surface area is 268 Å².